The molecule has 0 atom stereocenters. The second-order valence-corrected chi connectivity index (χ2v) is 12.0. The zero-order valence-corrected chi connectivity index (χ0v) is 16.9. The summed E-state index contributed by atoms with van der Waals surface area (Å²) in [6, 6.07) is 3.21. The van der Waals surface area contributed by atoms with Gasteiger partial charge in [-0.15, -0.1) is 0 Å². The monoisotopic (exact) mass is 376 g/mol. The van der Waals surface area contributed by atoms with Crippen LogP contribution in [0.15, 0.2) is 12.1 Å². The Hall–Kier alpha value is -1.20. The Labute approximate surface area is 149 Å². The van der Waals surface area contributed by atoms with Gasteiger partial charge in [-0.2, -0.15) is 9.59 Å². The molecule has 0 saturated heterocycles. The Balaban J connectivity index is 0.00000163. The Bertz CT molecular complexity index is 541. The summed E-state index contributed by atoms with van der Waals surface area (Å²) in [6.45, 7) is 13.6. The number of aryl methyl sites for hydroxylation is 1. The Morgan fingerprint density at radius 3 is 2.17 bits per heavy atom. The predicted molar refractivity (Wildman–Crippen MR) is 94.4 cm³/mol. The Morgan fingerprint density at radius 1 is 1.21 bits per heavy atom. The van der Waals surface area contributed by atoms with E-state index in [0.29, 0.717) is 18.2 Å². The number of rotatable bonds is 6. The van der Waals surface area contributed by atoms with Gasteiger partial charge in [0.15, 0.2) is 19.9 Å². The van der Waals surface area contributed by atoms with Crippen molar-refractivity contribution >= 4 is 26.1 Å². The molecule has 4 nitrogen and oxygen atoms in total. The minimum absolute atomic E-state index is 0.118. The largest absolute Gasteiger partial charge is 0.487 e. The third-order valence-electron chi connectivity index (χ3n) is 4.07. The molecule has 0 amide bonds. The van der Waals surface area contributed by atoms with Gasteiger partial charge in [-0.25, -0.2) is 4.39 Å². The highest BCUT2D eigenvalue weighted by atomic mass is 35.5. The van der Waals surface area contributed by atoms with Gasteiger partial charge in [-0.1, -0.05) is 39.3 Å². The number of ether oxygens (including phenoxy) is 1. The third-order valence-corrected chi connectivity index (χ3v) is 8.88. The lowest BCUT2D eigenvalue weighted by Gasteiger charge is -2.36. The van der Waals surface area contributed by atoms with Crippen LogP contribution in [0, 0.1) is 5.82 Å². The van der Waals surface area contributed by atoms with E-state index in [9.17, 15) is 4.39 Å². The molecule has 0 spiro atoms. The number of hydrogen-bond donors (Lipinski definition) is 0. The fraction of sp³-hybridized carbons (Fsp3) is 0.588. The van der Waals surface area contributed by atoms with Crippen molar-refractivity contribution in [1.82, 2.24) is 0 Å². The van der Waals surface area contributed by atoms with Gasteiger partial charge in [0.05, 0.1) is 11.6 Å². The van der Waals surface area contributed by atoms with Gasteiger partial charge in [0.1, 0.15) is 6.61 Å². The van der Waals surface area contributed by atoms with Crippen LogP contribution < -0.4 is 4.74 Å². The highest BCUT2D eigenvalue weighted by Gasteiger charge is 2.36. The Morgan fingerprint density at radius 2 is 1.75 bits per heavy atom. The van der Waals surface area contributed by atoms with Crippen molar-refractivity contribution in [3.05, 3.63) is 28.5 Å². The molecule has 24 heavy (non-hydrogen) atoms. The highest BCUT2D eigenvalue weighted by molar-refractivity contribution is 6.74. The minimum atomic E-state index is -1.79. The zero-order valence-electron chi connectivity index (χ0n) is 15.2. The van der Waals surface area contributed by atoms with Gasteiger partial charge >= 0.3 is 6.15 Å². The molecule has 1 aromatic carbocycles. The topological polar surface area (TPSA) is 52.6 Å². The van der Waals surface area contributed by atoms with Crippen molar-refractivity contribution in [3.8, 4) is 5.75 Å². The maximum absolute atomic E-state index is 13.9. The second-order valence-electron chi connectivity index (χ2n) is 6.78. The van der Waals surface area contributed by atoms with E-state index in [1.807, 2.05) is 6.92 Å². The van der Waals surface area contributed by atoms with E-state index < -0.39 is 14.1 Å². The van der Waals surface area contributed by atoms with E-state index in [0.717, 1.165) is 12.0 Å². The smallest absolute Gasteiger partial charge is 0.373 e. The third kappa shape index (κ3) is 7.14. The molecule has 0 aromatic heterocycles. The summed E-state index contributed by atoms with van der Waals surface area (Å²) in [4.78, 5) is 16.2. The standard InChI is InChI=1S/C16H26ClFO2Si.CO2/c1-7-12-10-13(17)15(14(18)11-12)19-8-9-20-21(5,6)16(2,3)4;2-1-3/h10-11H,7-9H2,1-6H3;. The summed E-state index contributed by atoms with van der Waals surface area (Å²) >= 11 is 6.06. The van der Waals surface area contributed by atoms with Crippen molar-refractivity contribution in [1.29, 1.82) is 0 Å². The van der Waals surface area contributed by atoms with Crippen LogP contribution in [0.25, 0.3) is 0 Å². The molecule has 0 aliphatic carbocycles. The van der Waals surface area contributed by atoms with Crippen molar-refractivity contribution in [3.63, 3.8) is 0 Å². The summed E-state index contributed by atoms with van der Waals surface area (Å²) in [5, 5.41) is 0.470. The van der Waals surface area contributed by atoms with Crippen molar-refractivity contribution in [2.75, 3.05) is 13.2 Å². The molecule has 0 aliphatic rings. The van der Waals surface area contributed by atoms with Gasteiger partial charge in [0, 0.05) is 0 Å². The lowest BCUT2D eigenvalue weighted by Crippen LogP contribution is -2.41. The van der Waals surface area contributed by atoms with Crippen LogP contribution in [0.3, 0.4) is 0 Å². The van der Waals surface area contributed by atoms with E-state index in [4.69, 9.17) is 30.4 Å². The molecule has 0 heterocycles. The molecule has 0 bridgehead atoms. The minimum Gasteiger partial charge on any atom is -0.487 e. The van der Waals surface area contributed by atoms with Gasteiger partial charge < -0.3 is 9.16 Å². The van der Waals surface area contributed by atoms with Crippen LogP contribution >= 0.6 is 11.6 Å². The van der Waals surface area contributed by atoms with Crippen LogP contribution in [0.5, 0.6) is 5.75 Å². The van der Waals surface area contributed by atoms with Crippen molar-refractivity contribution < 1.29 is 23.1 Å². The molecule has 0 radical (unpaired) electrons. The van der Waals surface area contributed by atoms with E-state index >= 15 is 0 Å². The summed E-state index contributed by atoms with van der Waals surface area (Å²) in [6.07, 6.45) is 0.991. The molecule has 0 unspecified atom stereocenters. The maximum atomic E-state index is 13.9. The number of hydrogen-bond acceptors (Lipinski definition) is 4. The molecular weight excluding hydrogens is 351 g/mol. The van der Waals surface area contributed by atoms with Crippen LogP contribution in [-0.2, 0) is 20.4 Å². The fourth-order valence-electron chi connectivity index (χ4n) is 1.61. The first kappa shape index (κ1) is 22.8. The average molecular weight is 377 g/mol. The van der Waals surface area contributed by atoms with E-state index in [1.54, 1.807) is 6.07 Å². The van der Waals surface area contributed by atoms with Gasteiger partial charge in [-0.3, -0.25) is 0 Å². The predicted octanol–water partition coefficient (Wildman–Crippen LogP) is 4.86. The first-order valence-corrected chi connectivity index (χ1v) is 11.0. The van der Waals surface area contributed by atoms with Crippen LogP contribution in [0.4, 0.5) is 4.39 Å². The normalized spacial score (nSPS) is 11.3. The Kier molecular flexibility index (Phi) is 9.44. The summed E-state index contributed by atoms with van der Waals surface area (Å²) in [5.41, 5.74) is 0.863. The molecule has 0 aliphatic heterocycles. The highest BCUT2D eigenvalue weighted by Crippen LogP contribution is 2.36. The molecule has 0 saturated carbocycles. The van der Waals surface area contributed by atoms with Crippen molar-refractivity contribution in [2.45, 2.75) is 52.2 Å². The fourth-order valence-corrected chi connectivity index (χ4v) is 2.92. The van der Waals surface area contributed by atoms with Gasteiger partial charge in [0.2, 0.25) is 0 Å². The molecule has 7 heteroatoms. The lowest BCUT2D eigenvalue weighted by atomic mass is 10.1. The number of benzene rings is 1. The van der Waals surface area contributed by atoms with Gasteiger partial charge in [0.25, 0.3) is 0 Å². The first-order valence-electron chi connectivity index (χ1n) is 7.74. The van der Waals surface area contributed by atoms with Crippen molar-refractivity contribution in [2.24, 2.45) is 0 Å². The number of carbonyl (C=O) groups excluding carboxylic acids is 2. The van der Waals surface area contributed by atoms with Crippen LogP contribution in [0.1, 0.15) is 33.3 Å². The number of halogens is 2. The summed E-state index contributed by atoms with van der Waals surface area (Å²) < 4.78 is 25.4. The molecular formula is C17H26ClFO4Si. The average Bonchev–Trinajstić information content (AvgIpc) is 2.45. The lowest BCUT2D eigenvalue weighted by molar-refractivity contribution is -0.191. The molecule has 1 rings (SSSR count). The summed E-state index contributed by atoms with van der Waals surface area (Å²) in [5.74, 6) is -0.292. The van der Waals surface area contributed by atoms with Crippen LogP contribution in [0.2, 0.25) is 23.2 Å². The molecule has 136 valence electrons. The first-order chi connectivity index (χ1) is 11.0. The SMILES string of the molecule is CCc1cc(F)c(OCCO[Si](C)(C)C(C)(C)C)c(Cl)c1.O=C=O. The van der Waals surface area contributed by atoms with E-state index in [1.165, 1.54) is 6.07 Å². The van der Waals surface area contributed by atoms with Crippen LogP contribution in [-0.4, -0.2) is 27.7 Å². The second kappa shape index (κ2) is 9.94. The quantitative estimate of drug-likeness (QED) is 0.525. The molecule has 0 N–H and O–H groups in total. The summed E-state index contributed by atoms with van der Waals surface area (Å²) in [7, 11) is -1.79. The molecule has 1 aromatic rings. The maximum Gasteiger partial charge on any atom is 0.373 e. The van der Waals surface area contributed by atoms with Gasteiger partial charge in [-0.05, 0) is 42.2 Å². The zero-order chi connectivity index (χ0) is 19.0. The van der Waals surface area contributed by atoms with E-state index in [-0.39, 0.29) is 16.9 Å². The van der Waals surface area contributed by atoms with E-state index in [2.05, 4.69) is 33.9 Å². The molecule has 0 fully saturated rings.